The number of nitrogen functional groups attached to an aromatic ring is 1. The molecule has 148 valence electrons. The molecule has 6 rings (SSSR count). The van der Waals surface area contributed by atoms with Gasteiger partial charge in [-0.1, -0.05) is 18.0 Å². The molecule has 4 aliphatic rings. The average Bonchev–Trinajstić information content (AvgIpc) is 3.03. The van der Waals surface area contributed by atoms with E-state index in [4.69, 9.17) is 27.1 Å². The van der Waals surface area contributed by atoms with Crippen molar-refractivity contribution in [2.45, 2.75) is 38.0 Å². The monoisotopic (exact) mass is 398 g/mol. The molecule has 0 spiro atoms. The van der Waals surface area contributed by atoms with Crippen LogP contribution in [0.1, 0.15) is 42.9 Å². The second kappa shape index (κ2) is 6.39. The summed E-state index contributed by atoms with van der Waals surface area (Å²) in [7, 11) is 0. The van der Waals surface area contributed by atoms with Crippen LogP contribution in [-0.2, 0) is 6.42 Å². The predicted octanol–water partition coefficient (Wildman–Crippen LogP) is 4.08. The Labute approximate surface area is 170 Å². The first-order valence-corrected chi connectivity index (χ1v) is 11.1. The van der Waals surface area contributed by atoms with E-state index in [9.17, 15) is 0 Å². The molecule has 2 aliphatic heterocycles. The highest BCUT2D eigenvalue weighted by Gasteiger charge is 2.57. The number of likely N-dealkylation sites (tertiary alicyclic amines) is 1. The zero-order valence-corrected chi connectivity index (χ0v) is 16.8. The lowest BCUT2D eigenvalue weighted by atomic mass is 9.85. The van der Waals surface area contributed by atoms with E-state index in [1.165, 1.54) is 44.6 Å². The van der Waals surface area contributed by atoms with Crippen molar-refractivity contribution in [3.05, 3.63) is 28.5 Å². The summed E-state index contributed by atoms with van der Waals surface area (Å²) in [6, 6.07) is 1.90. The van der Waals surface area contributed by atoms with Crippen molar-refractivity contribution < 1.29 is 4.74 Å². The van der Waals surface area contributed by atoms with Gasteiger partial charge in [-0.05, 0) is 49.5 Å². The maximum atomic E-state index is 6.41. The van der Waals surface area contributed by atoms with Crippen molar-refractivity contribution in [1.82, 2.24) is 14.9 Å². The molecule has 0 radical (unpaired) electrons. The van der Waals surface area contributed by atoms with E-state index in [-0.39, 0.29) is 0 Å². The molecule has 3 heterocycles. The number of ether oxygens (including phenoxy) is 1. The summed E-state index contributed by atoms with van der Waals surface area (Å²) in [5, 5.41) is 0.590. The number of aromatic amines is 1. The standard InChI is InChI=1S/C22H27ClN4O/c23-17-7-14(21-13(20(17)24)5-2-6-28-21)22-25-8-18(26-22)19-15-10-27(11-16(15)19)9-12-3-1-4-12/h7-8,12,15-16,19H,1-6,9-11,24H2,(H,25,26). The number of halogens is 1. The number of nitrogens with zero attached hydrogens (tertiary/aromatic N) is 2. The van der Waals surface area contributed by atoms with Gasteiger partial charge in [-0.3, -0.25) is 0 Å². The van der Waals surface area contributed by atoms with Gasteiger partial charge >= 0.3 is 0 Å². The summed E-state index contributed by atoms with van der Waals surface area (Å²) in [6.45, 7) is 4.55. The second-order valence-corrected chi connectivity index (χ2v) is 9.54. The molecule has 1 aromatic carbocycles. The largest absolute Gasteiger partial charge is 0.492 e. The normalized spacial score (nSPS) is 29.1. The number of aromatic nitrogens is 2. The maximum Gasteiger partial charge on any atom is 0.141 e. The Bertz CT molecular complexity index is 910. The lowest BCUT2D eigenvalue weighted by Crippen LogP contribution is -2.32. The smallest absolute Gasteiger partial charge is 0.141 e. The number of fused-ring (bicyclic) bond motifs is 2. The number of nitrogens with two attached hydrogens (primary N) is 1. The van der Waals surface area contributed by atoms with E-state index in [1.54, 1.807) is 0 Å². The summed E-state index contributed by atoms with van der Waals surface area (Å²) >= 11 is 6.41. The van der Waals surface area contributed by atoms with Gasteiger partial charge in [0.1, 0.15) is 11.6 Å². The number of rotatable bonds is 4. The maximum absolute atomic E-state index is 6.41. The molecule has 0 amide bonds. The molecule has 2 aromatic rings. The van der Waals surface area contributed by atoms with Gasteiger partial charge in [0.05, 0.1) is 22.9 Å². The first kappa shape index (κ1) is 17.2. The SMILES string of the molecule is Nc1c(Cl)cc(-c2ncc(C3C4CN(CC5CCC5)CC43)[nH]2)c2c1CCCO2. The predicted molar refractivity (Wildman–Crippen MR) is 111 cm³/mol. The molecule has 2 atom stereocenters. The number of piperidine rings is 1. The van der Waals surface area contributed by atoms with Crippen molar-refractivity contribution in [2.24, 2.45) is 17.8 Å². The molecule has 6 heteroatoms. The van der Waals surface area contributed by atoms with Gasteiger partial charge in [0.2, 0.25) is 0 Å². The molecule has 3 fully saturated rings. The van der Waals surface area contributed by atoms with Gasteiger partial charge in [-0.25, -0.2) is 4.98 Å². The molecule has 2 unspecified atom stereocenters. The fourth-order valence-electron chi connectivity index (χ4n) is 5.62. The third kappa shape index (κ3) is 2.66. The van der Waals surface area contributed by atoms with Crippen molar-refractivity contribution in [1.29, 1.82) is 0 Å². The van der Waals surface area contributed by atoms with Crippen LogP contribution >= 0.6 is 11.6 Å². The highest BCUT2D eigenvalue weighted by molar-refractivity contribution is 6.33. The van der Waals surface area contributed by atoms with Gasteiger partial charge in [0.15, 0.2) is 0 Å². The van der Waals surface area contributed by atoms with E-state index < -0.39 is 0 Å². The highest BCUT2D eigenvalue weighted by Crippen LogP contribution is 2.58. The molecular weight excluding hydrogens is 372 g/mol. The topological polar surface area (TPSA) is 67.2 Å². The Balaban J connectivity index is 1.21. The fourth-order valence-corrected chi connectivity index (χ4v) is 5.84. The minimum atomic E-state index is 0.590. The summed E-state index contributed by atoms with van der Waals surface area (Å²) in [6.07, 6.45) is 8.22. The van der Waals surface area contributed by atoms with Crippen molar-refractivity contribution >= 4 is 17.3 Å². The van der Waals surface area contributed by atoms with Crippen LogP contribution in [0, 0.1) is 17.8 Å². The summed E-state index contributed by atoms with van der Waals surface area (Å²) in [4.78, 5) is 11.0. The number of imidazole rings is 1. The van der Waals surface area contributed by atoms with E-state index in [0.29, 0.717) is 16.6 Å². The van der Waals surface area contributed by atoms with Crippen LogP contribution in [0.25, 0.3) is 11.4 Å². The third-order valence-electron chi connectivity index (χ3n) is 7.41. The number of H-pyrrole nitrogens is 1. The van der Waals surface area contributed by atoms with Crippen LogP contribution in [0.15, 0.2) is 12.3 Å². The first-order valence-electron chi connectivity index (χ1n) is 10.7. The van der Waals surface area contributed by atoms with E-state index >= 15 is 0 Å². The van der Waals surface area contributed by atoms with Crippen LogP contribution in [-0.4, -0.2) is 41.1 Å². The van der Waals surface area contributed by atoms with Gasteiger partial charge in [0, 0.05) is 43.0 Å². The molecule has 1 saturated heterocycles. The minimum Gasteiger partial charge on any atom is -0.492 e. The highest BCUT2D eigenvalue weighted by atomic mass is 35.5. The Morgan fingerprint density at radius 3 is 2.82 bits per heavy atom. The Morgan fingerprint density at radius 1 is 1.25 bits per heavy atom. The lowest BCUT2D eigenvalue weighted by Gasteiger charge is -2.31. The Kier molecular flexibility index (Phi) is 3.92. The summed E-state index contributed by atoms with van der Waals surface area (Å²) in [5.74, 6) is 4.92. The van der Waals surface area contributed by atoms with Gasteiger partial charge in [-0.15, -0.1) is 0 Å². The van der Waals surface area contributed by atoms with E-state index in [1.807, 2.05) is 12.3 Å². The quantitative estimate of drug-likeness (QED) is 0.761. The fraction of sp³-hybridized carbons (Fsp3) is 0.591. The number of hydrogen-bond acceptors (Lipinski definition) is 4. The summed E-state index contributed by atoms with van der Waals surface area (Å²) < 4.78 is 5.97. The van der Waals surface area contributed by atoms with E-state index in [0.717, 1.165) is 59.9 Å². The number of benzene rings is 1. The zero-order chi connectivity index (χ0) is 18.8. The molecule has 28 heavy (non-hydrogen) atoms. The molecule has 2 aliphatic carbocycles. The van der Waals surface area contributed by atoms with Crippen LogP contribution in [0.3, 0.4) is 0 Å². The second-order valence-electron chi connectivity index (χ2n) is 9.14. The third-order valence-corrected chi connectivity index (χ3v) is 7.72. The molecular formula is C22H27ClN4O. The van der Waals surface area contributed by atoms with Crippen molar-refractivity contribution in [3.8, 4) is 17.1 Å². The summed E-state index contributed by atoms with van der Waals surface area (Å²) in [5.41, 5.74) is 10.1. The Hall–Kier alpha value is -1.72. The van der Waals surface area contributed by atoms with Gasteiger partial charge in [-0.2, -0.15) is 0 Å². The molecule has 5 nitrogen and oxygen atoms in total. The minimum absolute atomic E-state index is 0.590. The van der Waals surface area contributed by atoms with Crippen LogP contribution in [0.5, 0.6) is 5.75 Å². The van der Waals surface area contributed by atoms with E-state index in [2.05, 4.69) is 9.88 Å². The molecule has 2 saturated carbocycles. The van der Waals surface area contributed by atoms with Crippen LogP contribution < -0.4 is 10.5 Å². The Morgan fingerprint density at radius 2 is 2.07 bits per heavy atom. The average molecular weight is 399 g/mol. The lowest BCUT2D eigenvalue weighted by molar-refractivity contribution is 0.189. The van der Waals surface area contributed by atoms with Crippen LogP contribution in [0.4, 0.5) is 5.69 Å². The molecule has 3 N–H and O–H groups in total. The first-order chi connectivity index (χ1) is 13.7. The zero-order valence-electron chi connectivity index (χ0n) is 16.1. The van der Waals surface area contributed by atoms with Gasteiger partial charge in [0.25, 0.3) is 0 Å². The molecule has 0 bridgehead atoms. The number of anilines is 1. The number of nitrogens with one attached hydrogen (secondary N) is 1. The van der Waals surface area contributed by atoms with Crippen LogP contribution in [0.2, 0.25) is 5.02 Å². The number of hydrogen-bond donors (Lipinski definition) is 2. The molecule has 1 aromatic heterocycles. The van der Waals surface area contributed by atoms with Crippen molar-refractivity contribution in [2.75, 3.05) is 32.0 Å². The van der Waals surface area contributed by atoms with Gasteiger partial charge < -0.3 is 20.4 Å². The van der Waals surface area contributed by atoms with Crippen molar-refractivity contribution in [3.63, 3.8) is 0 Å².